The lowest BCUT2D eigenvalue weighted by Gasteiger charge is -2.53. The summed E-state index contributed by atoms with van der Waals surface area (Å²) in [5.74, 6) is 3.36. The van der Waals surface area contributed by atoms with Crippen molar-refractivity contribution >= 4 is 0 Å². The van der Waals surface area contributed by atoms with E-state index in [1.807, 2.05) is 0 Å². The Hall–Kier alpha value is -1.30. The molecular formula is C23H33N3O2. The van der Waals surface area contributed by atoms with Crippen LogP contribution in [-0.2, 0) is 0 Å². The number of likely N-dealkylation sites (tertiary alicyclic amines) is 2. The van der Waals surface area contributed by atoms with Crippen LogP contribution < -0.4 is 9.47 Å². The molecule has 6 heterocycles. The number of benzene rings is 1. The molecule has 1 aromatic carbocycles. The van der Waals surface area contributed by atoms with Gasteiger partial charge in [0.15, 0.2) is 11.5 Å². The highest BCUT2D eigenvalue weighted by molar-refractivity contribution is 5.46. The first kappa shape index (κ1) is 17.5. The van der Waals surface area contributed by atoms with Crippen molar-refractivity contribution < 1.29 is 9.47 Å². The van der Waals surface area contributed by atoms with Crippen molar-refractivity contribution in [3.63, 3.8) is 0 Å². The topological polar surface area (TPSA) is 28.2 Å². The Morgan fingerprint density at radius 2 is 1.71 bits per heavy atom. The molecular weight excluding hydrogens is 350 g/mol. The van der Waals surface area contributed by atoms with Crippen molar-refractivity contribution in [2.24, 2.45) is 5.92 Å². The Morgan fingerprint density at radius 3 is 2.50 bits per heavy atom. The zero-order chi connectivity index (χ0) is 18.7. The average molecular weight is 384 g/mol. The zero-order valence-corrected chi connectivity index (χ0v) is 17.1. The molecule has 0 saturated carbocycles. The Balaban J connectivity index is 1.30. The minimum Gasteiger partial charge on any atom is -0.454 e. The van der Waals surface area contributed by atoms with Gasteiger partial charge in [0, 0.05) is 30.6 Å². The molecule has 6 aliphatic rings. The fraction of sp³-hybridized carbons (Fsp3) is 0.739. The SMILES string of the molecule is CCN1CCC(N2C[C@@H](c3ccc4c(c3)OCO4)[C@@H]3[C@H]2C2CCN3CC2)CC1. The van der Waals surface area contributed by atoms with Gasteiger partial charge in [-0.2, -0.15) is 0 Å². The summed E-state index contributed by atoms with van der Waals surface area (Å²) in [6, 6.07) is 8.94. The Kier molecular flexibility index (Phi) is 4.32. The van der Waals surface area contributed by atoms with Crippen LogP contribution in [0.4, 0.5) is 0 Å². The Morgan fingerprint density at radius 1 is 0.929 bits per heavy atom. The van der Waals surface area contributed by atoms with Crippen molar-refractivity contribution in [2.45, 2.75) is 56.7 Å². The van der Waals surface area contributed by atoms with Crippen LogP contribution >= 0.6 is 0 Å². The molecule has 5 saturated heterocycles. The fourth-order valence-corrected chi connectivity index (χ4v) is 6.88. The molecule has 0 N–H and O–H groups in total. The van der Waals surface area contributed by atoms with E-state index in [0.29, 0.717) is 18.8 Å². The molecule has 0 amide bonds. The van der Waals surface area contributed by atoms with Crippen molar-refractivity contribution in [1.82, 2.24) is 14.7 Å². The van der Waals surface area contributed by atoms with Gasteiger partial charge in [-0.1, -0.05) is 13.0 Å². The van der Waals surface area contributed by atoms with E-state index in [9.17, 15) is 0 Å². The van der Waals surface area contributed by atoms with Gasteiger partial charge in [-0.15, -0.1) is 0 Å². The van der Waals surface area contributed by atoms with Crippen LogP contribution in [0.15, 0.2) is 18.2 Å². The first-order valence-corrected chi connectivity index (χ1v) is 11.4. The Labute approximate surface area is 168 Å². The van der Waals surface area contributed by atoms with Crippen LogP contribution in [0.1, 0.15) is 44.1 Å². The molecule has 6 aliphatic heterocycles. The molecule has 5 fully saturated rings. The maximum Gasteiger partial charge on any atom is 0.231 e. The van der Waals surface area contributed by atoms with E-state index >= 15 is 0 Å². The van der Waals surface area contributed by atoms with E-state index in [0.717, 1.165) is 29.5 Å². The molecule has 0 aromatic heterocycles. The van der Waals surface area contributed by atoms with Crippen LogP contribution in [0, 0.1) is 5.92 Å². The van der Waals surface area contributed by atoms with Crippen molar-refractivity contribution in [3.05, 3.63) is 23.8 Å². The molecule has 5 nitrogen and oxygen atoms in total. The van der Waals surface area contributed by atoms with E-state index in [-0.39, 0.29) is 0 Å². The fourth-order valence-electron chi connectivity index (χ4n) is 6.88. The van der Waals surface area contributed by atoms with Gasteiger partial charge in [-0.05, 0) is 82.0 Å². The van der Waals surface area contributed by atoms with Gasteiger partial charge in [0.1, 0.15) is 0 Å². The first-order valence-electron chi connectivity index (χ1n) is 11.4. The number of hydrogen-bond donors (Lipinski definition) is 0. The molecule has 3 atom stereocenters. The van der Waals surface area contributed by atoms with Gasteiger partial charge >= 0.3 is 0 Å². The molecule has 0 spiro atoms. The second-order valence-corrected chi connectivity index (χ2v) is 9.44. The highest BCUT2D eigenvalue weighted by Crippen LogP contribution is 2.49. The summed E-state index contributed by atoms with van der Waals surface area (Å²) in [6.07, 6.45) is 5.49. The van der Waals surface area contributed by atoms with E-state index in [1.54, 1.807) is 0 Å². The maximum absolute atomic E-state index is 5.71. The summed E-state index contributed by atoms with van der Waals surface area (Å²) in [4.78, 5) is 8.40. The van der Waals surface area contributed by atoms with E-state index < -0.39 is 0 Å². The highest BCUT2D eigenvalue weighted by Gasteiger charge is 2.54. The van der Waals surface area contributed by atoms with Crippen LogP contribution in [0.5, 0.6) is 11.5 Å². The minimum atomic E-state index is 0.367. The molecule has 2 bridgehead atoms. The lowest BCUT2D eigenvalue weighted by molar-refractivity contribution is -0.0269. The summed E-state index contributed by atoms with van der Waals surface area (Å²) < 4.78 is 11.3. The summed E-state index contributed by atoms with van der Waals surface area (Å²) >= 11 is 0. The number of piperidine rings is 4. The average Bonchev–Trinajstić information content (AvgIpc) is 3.40. The molecule has 0 aliphatic carbocycles. The predicted molar refractivity (Wildman–Crippen MR) is 109 cm³/mol. The summed E-state index contributed by atoms with van der Waals surface area (Å²) in [5.41, 5.74) is 1.46. The van der Waals surface area contributed by atoms with Gasteiger partial charge < -0.3 is 14.4 Å². The van der Waals surface area contributed by atoms with Gasteiger partial charge in [0.2, 0.25) is 6.79 Å². The van der Waals surface area contributed by atoms with Crippen molar-refractivity contribution in [2.75, 3.05) is 46.1 Å². The lowest BCUT2D eigenvalue weighted by atomic mass is 9.75. The molecule has 152 valence electrons. The number of hydrogen-bond acceptors (Lipinski definition) is 5. The smallest absolute Gasteiger partial charge is 0.231 e. The first-order chi connectivity index (χ1) is 13.8. The van der Waals surface area contributed by atoms with Crippen LogP contribution in [0.25, 0.3) is 0 Å². The molecule has 28 heavy (non-hydrogen) atoms. The third-order valence-electron chi connectivity index (χ3n) is 8.33. The van der Waals surface area contributed by atoms with Gasteiger partial charge in [-0.25, -0.2) is 0 Å². The molecule has 7 rings (SSSR count). The molecule has 0 unspecified atom stereocenters. The number of rotatable bonds is 3. The third kappa shape index (κ3) is 2.70. The van der Waals surface area contributed by atoms with Gasteiger partial charge in [0.05, 0.1) is 0 Å². The van der Waals surface area contributed by atoms with E-state index in [4.69, 9.17) is 9.47 Å². The quantitative estimate of drug-likeness (QED) is 0.800. The van der Waals surface area contributed by atoms with Gasteiger partial charge in [-0.3, -0.25) is 9.80 Å². The second kappa shape index (κ2) is 6.89. The van der Waals surface area contributed by atoms with Crippen LogP contribution in [-0.4, -0.2) is 78.9 Å². The summed E-state index contributed by atoms with van der Waals surface area (Å²) in [7, 11) is 0. The maximum atomic E-state index is 5.71. The van der Waals surface area contributed by atoms with E-state index in [2.05, 4.69) is 39.8 Å². The van der Waals surface area contributed by atoms with E-state index in [1.165, 1.54) is 70.5 Å². The zero-order valence-electron chi connectivity index (χ0n) is 17.1. The highest BCUT2D eigenvalue weighted by atomic mass is 16.7. The summed E-state index contributed by atoms with van der Waals surface area (Å²) in [5, 5.41) is 0. The Bertz CT molecular complexity index is 725. The monoisotopic (exact) mass is 383 g/mol. The van der Waals surface area contributed by atoms with Gasteiger partial charge in [0.25, 0.3) is 0 Å². The molecule has 5 heteroatoms. The molecule has 0 radical (unpaired) electrons. The predicted octanol–water partition coefficient (Wildman–Crippen LogP) is 2.76. The van der Waals surface area contributed by atoms with Crippen molar-refractivity contribution in [3.8, 4) is 11.5 Å². The minimum absolute atomic E-state index is 0.367. The molecule has 1 aromatic rings. The summed E-state index contributed by atoms with van der Waals surface area (Å²) in [6.45, 7) is 10.2. The lowest BCUT2D eigenvalue weighted by Crippen LogP contribution is -2.61. The second-order valence-electron chi connectivity index (χ2n) is 9.44. The largest absolute Gasteiger partial charge is 0.454 e. The number of fused-ring (bicyclic) bond motifs is 3. The number of nitrogens with zero attached hydrogens (tertiary/aromatic N) is 3. The third-order valence-corrected chi connectivity index (χ3v) is 8.33. The normalized spacial score (nSPS) is 38.1. The number of ether oxygens (including phenoxy) is 2. The van der Waals surface area contributed by atoms with Crippen molar-refractivity contribution in [1.29, 1.82) is 0 Å². The standard InChI is InChI=1S/C23H33N3O2/c1-2-24-9-7-18(8-10-24)26-14-19(17-3-4-20-21(13-17)28-15-27-20)23-22(26)16-5-11-25(23)12-6-16/h3-4,13,16,18-19,22-23H,2,5-12,14-15H2,1H3/t19-,22+,23+/m0/s1. The van der Waals surface area contributed by atoms with Crippen LogP contribution in [0.3, 0.4) is 0 Å². The van der Waals surface area contributed by atoms with Crippen LogP contribution in [0.2, 0.25) is 0 Å².